The first kappa shape index (κ1) is 18.4. The lowest BCUT2D eigenvalue weighted by Gasteiger charge is -2.07. The Labute approximate surface area is 158 Å². The van der Waals surface area contributed by atoms with Gasteiger partial charge in [-0.2, -0.15) is 0 Å². The van der Waals surface area contributed by atoms with Gasteiger partial charge in [0.2, 0.25) is 5.91 Å². The van der Waals surface area contributed by atoms with Gasteiger partial charge < -0.3 is 14.5 Å². The highest BCUT2D eigenvalue weighted by Crippen LogP contribution is 2.26. The predicted octanol–water partition coefficient (Wildman–Crippen LogP) is 3.74. The van der Waals surface area contributed by atoms with Gasteiger partial charge in [-0.15, -0.1) is 0 Å². The number of aryl methyl sites for hydroxylation is 1. The number of pyridine rings is 1. The normalized spacial score (nSPS) is 11.0. The molecule has 136 valence electrons. The first-order valence-corrected chi connectivity index (χ1v) is 9.04. The summed E-state index contributed by atoms with van der Waals surface area (Å²) >= 11 is 6.00. The summed E-state index contributed by atoms with van der Waals surface area (Å²) in [6.45, 7) is 1.28. The standard InChI is InChI=1S/C20H22ClN3O2/c1-26-14-4-12-22-19(25)11-10-17-20(15-6-8-16(21)9-7-15)23-18-5-2-3-13-24(17)18/h2-3,5-9,13H,4,10-12,14H2,1H3,(H,22,25). The molecule has 1 N–H and O–H groups in total. The molecule has 0 unspecified atom stereocenters. The number of rotatable bonds is 8. The fraction of sp³-hybridized carbons (Fsp3) is 0.300. The van der Waals surface area contributed by atoms with Crippen LogP contribution in [0.1, 0.15) is 18.5 Å². The van der Waals surface area contributed by atoms with E-state index in [1.807, 2.05) is 53.1 Å². The molecular weight excluding hydrogens is 350 g/mol. The molecule has 1 aromatic carbocycles. The minimum absolute atomic E-state index is 0.0361. The molecule has 0 aliphatic heterocycles. The Hall–Kier alpha value is -2.37. The third-order valence-electron chi connectivity index (χ3n) is 4.18. The average Bonchev–Trinajstić information content (AvgIpc) is 3.03. The lowest BCUT2D eigenvalue weighted by Crippen LogP contribution is -2.25. The van der Waals surface area contributed by atoms with Gasteiger partial charge in [-0.1, -0.05) is 29.8 Å². The maximum absolute atomic E-state index is 12.1. The Balaban J connectivity index is 1.79. The van der Waals surface area contributed by atoms with E-state index >= 15 is 0 Å². The van der Waals surface area contributed by atoms with Gasteiger partial charge in [0.1, 0.15) is 5.65 Å². The third-order valence-corrected chi connectivity index (χ3v) is 4.43. The van der Waals surface area contributed by atoms with Crippen LogP contribution in [0.5, 0.6) is 0 Å². The van der Waals surface area contributed by atoms with E-state index in [4.69, 9.17) is 21.3 Å². The second-order valence-corrected chi connectivity index (χ2v) is 6.48. The highest BCUT2D eigenvalue weighted by Gasteiger charge is 2.15. The molecule has 26 heavy (non-hydrogen) atoms. The second kappa shape index (κ2) is 8.83. The molecule has 0 saturated carbocycles. The second-order valence-electron chi connectivity index (χ2n) is 6.04. The monoisotopic (exact) mass is 371 g/mol. The van der Waals surface area contributed by atoms with E-state index in [-0.39, 0.29) is 5.91 Å². The molecule has 0 fully saturated rings. The number of halogens is 1. The number of nitrogens with zero attached hydrogens (tertiary/aromatic N) is 2. The number of benzene rings is 1. The minimum atomic E-state index is 0.0361. The molecule has 3 rings (SSSR count). The zero-order valence-electron chi connectivity index (χ0n) is 14.7. The molecule has 0 bridgehead atoms. The topological polar surface area (TPSA) is 55.6 Å². The Morgan fingerprint density at radius 1 is 1.23 bits per heavy atom. The van der Waals surface area contributed by atoms with Crippen molar-refractivity contribution in [3.8, 4) is 11.3 Å². The van der Waals surface area contributed by atoms with Crippen molar-refractivity contribution in [2.45, 2.75) is 19.3 Å². The smallest absolute Gasteiger partial charge is 0.220 e. The number of fused-ring (bicyclic) bond motifs is 1. The van der Waals surface area contributed by atoms with Crippen molar-refractivity contribution in [3.63, 3.8) is 0 Å². The summed E-state index contributed by atoms with van der Waals surface area (Å²) in [7, 11) is 1.66. The van der Waals surface area contributed by atoms with Crippen molar-refractivity contribution in [2.75, 3.05) is 20.3 Å². The number of imidazole rings is 1. The number of methoxy groups -OCH3 is 1. The van der Waals surface area contributed by atoms with E-state index in [2.05, 4.69) is 5.32 Å². The fourth-order valence-electron chi connectivity index (χ4n) is 2.89. The molecule has 6 heteroatoms. The average molecular weight is 372 g/mol. The van der Waals surface area contributed by atoms with Crippen LogP contribution in [0.25, 0.3) is 16.9 Å². The zero-order valence-corrected chi connectivity index (χ0v) is 15.5. The van der Waals surface area contributed by atoms with Crippen molar-refractivity contribution in [3.05, 3.63) is 59.4 Å². The van der Waals surface area contributed by atoms with E-state index in [0.717, 1.165) is 29.0 Å². The van der Waals surface area contributed by atoms with Gasteiger partial charge >= 0.3 is 0 Å². The number of amides is 1. The van der Waals surface area contributed by atoms with Crippen LogP contribution in [0, 0.1) is 0 Å². The van der Waals surface area contributed by atoms with Crippen LogP contribution in [0.4, 0.5) is 0 Å². The molecule has 0 aliphatic rings. The van der Waals surface area contributed by atoms with Crippen LogP contribution in [0.15, 0.2) is 48.7 Å². The summed E-state index contributed by atoms with van der Waals surface area (Å²) in [4.78, 5) is 16.9. The van der Waals surface area contributed by atoms with Gasteiger partial charge in [-0.3, -0.25) is 4.79 Å². The molecule has 0 radical (unpaired) electrons. The summed E-state index contributed by atoms with van der Waals surface area (Å²) in [6.07, 6.45) is 3.82. The van der Waals surface area contributed by atoms with Crippen LogP contribution < -0.4 is 5.32 Å². The Bertz CT molecular complexity index is 874. The number of carbonyl (C=O) groups excluding carboxylic acids is 1. The molecule has 0 saturated heterocycles. The van der Waals surface area contributed by atoms with E-state index in [0.29, 0.717) is 31.0 Å². The molecular formula is C20H22ClN3O2. The molecule has 3 aromatic rings. The maximum Gasteiger partial charge on any atom is 0.220 e. The molecule has 0 aliphatic carbocycles. The van der Waals surface area contributed by atoms with Crippen LogP contribution >= 0.6 is 11.6 Å². The number of hydrogen-bond donors (Lipinski definition) is 1. The third kappa shape index (κ3) is 4.42. The van der Waals surface area contributed by atoms with Crippen molar-refractivity contribution < 1.29 is 9.53 Å². The van der Waals surface area contributed by atoms with Crippen LogP contribution in [0.3, 0.4) is 0 Å². The first-order valence-electron chi connectivity index (χ1n) is 8.66. The first-order chi connectivity index (χ1) is 12.7. The van der Waals surface area contributed by atoms with E-state index in [1.54, 1.807) is 7.11 Å². The van der Waals surface area contributed by atoms with Crippen LogP contribution in [-0.4, -0.2) is 35.6 Å². The van der Waals surface area contributed by atoms with E-state index < -0.39 is 0 Å². The summed E-state index contributed by atoms with van der Waals surface area (Å²) in [5, 5.41) is 3.62. The van der Waals surface area contributed by atoms with Crippen LogP contribution in [0.2, 0.25) is 5.02 Å². The van der Waals surface area contributed by atoms with Crippen molar-refractivity contribution in [1.82, 2.24) is 14.7 Å². The Morgan fingerprint density at radius 2 is 2.04 bits per heavy atom. The van der Waals surface area contributed by atoms with Gasteiger partial charge in [0.05, 0.1) is 11.4 Å². The lowest BCUT2D eigenvalue weighted by molar-refractivity contribution is -0.121. The molecule has 0 spiro atoms. The highest BCUT2D eigenvalue weighted by atomic mass is 35.5. The summed E-state index contributed by atoms with van der Waals surface area (Å²) in [5.74, 6) is 0.0361. The largest absolute Gasteiger partial charge is 0.385 e. The molecule has 2 heterocycles. The van der Waals surface area contributed by atoms with Gasteiger partial charge in [0.25, 0.3) is 0 Å². The number of hydrogen-bond acceptors (Lipinski definition) is 3. The number of carbonyl (C=O) groups is 1. The lowest BCUT2D eigenvalue weighted by atomic mass is 10.1. The summed E-state index contributed by atoms with van der Waals surface area (Å²) in [5.41, 5.74) is 3.77. The fourth-order valence-corrected chi connectivity index (χ4v) is 3.01. The summed E-state index contributed by atoms with van der Waals surface area (Å²) in [6, 6.07) is 13.5. The zero-order chi connectivity index (χ0) is 18.4. The number of ether oxygens (including phenoxy) is 1. The molecule has 5 nitrogen and oxygen atoms in total. The Morgan fingerprint density at radius 3 is 2.81 bits per heavy atom. The molecule has 0 atom stereocenters. The quantitative estimate of drug-likeness (QED) is 0.614. The van der Waals surface area contributed by atoms with Crippen LogP contribution in [-0.2, 0) is 16.0 Å². The molecule has 2 aromatic heterocycles. The molecule has 1 amide bonds. The van der Waals surface area contributed by atoms with Gasteiger partial charge in [-0.05, 0) is 37.1 Å². The van der Waals surface area contributed by atoms with Gasteiger partial charge in [-0.25, -0.2) is 4.98 Å². The predicted molar refractivity (Wildman–Crippen MR) is 103 cm³/mol. The van der Waals surface area contributed by atoms with Gasteiger partial charge in [0.15, 0.2) is 0 Å². The van der Waals surface area contributed by atoms with E-state index in [1.165, 1.54) is 0 Å². The summed E-state index contributed by atoms with van der Waals surface area (Å²) < 4.78 is 7.04. The van der Waals surface area contributed by atoms with E-state index in [9.17, 15) is 4.79 Å². The van der Waals surface area contributed by atoms with Crippen molar-refractivity contribution >= 4 is 23.2 Å². The minimum Gasteiger partial charge on any atom is -0.385 e. The SMILES string of the molecule is COCCCNC(=O)CCc1c(-c2ccc(Cl)cc2)nc2ccccn12. The number of aromatic nitrogens is 2. The highest BCUT2D eigenvalue weighted by molar-refractivity contribution is 6.30. The van der Waals surface area contributed by atoms with Gasteiger partial charge in [0, 0.05) is 43.5 Å². The number of nitrogens with one attached hydrogen (secondary N) is 1. The maximum atomic E-state index is 12.1. The van der Waals surface area contributed by atoms with Crippen molar-refractivity contribution in [1.29, 1.82) is 0 Å². The Kier molecular flexibility index (Phi) is 6.26. The van der Waals surface area contributed by atoms with Crippen molar-refractivity contribution in [2.24, 2.45) is 0 Å².